The summed E-state index contributed by atoms with van der Waals surface area (Å²) < 4.78 is 0. The van der Waals surface area contributed by atoms with E-state index in [2.05, 4.69) is 47.1 Å². The van der Waals surface area contributed by atoms with Crippen molar-refractivity contribution in [3.8, 4) is 0 Å². The van der Waals surface area contributed by atoms with E-state index in [1.165, 1.54) is 10.9 Å². The maximum absolute atomic E-state index is 13.0. The molecule has 2 N–H and O–H groups in total. The molecule has 0 saturated heterocycles. The Balaban J connectivity index is 2.74. The SMILES string of the molecule is Bc1c(B)c(B)c(C2(N)CC(B)(B)C(B)(B)CC2=O)c(Cl)c1B. The molecule has 112 valence electrons. The number of benzene rings is 1. The number of carbonyl (C=O) groups excluding carboxylic acids is 1. The normalized spacial score (nSPS) is 26.1. The fraction of sp³-hybridized carbons (Fsp3) is 0.417. The Morgan fingerprint density at radius 3 is 1.87 bits per heavy atom. The molecule has 2 nitrogen and oxygen atoms in total. The topological polar surface area (TPSA) is 43.1 Å². The first-order valence-electron chi connectivity index (χ1n) is 8.35. The maximum atomic E-state index is 13.0. The molecule has 1 aromatic carbocycles. The van der Waals surface area contributed by atoms with Gasteiger partial charge in [-0.3, -0.25) is 4.79 Å². The van der Waals surface area contributed by atoms with Gasteiger partial charge in [0.25, 0.3) is 0 Å². The molecule has 0 radical (unpaired) electrons. The Kier molecular flexibility index (Phi) is 4.62. The van der Waals surface area contributed by atoms with Crippen LogP contribution in [0.15, 0.2) is 0 Å². The number of hydrogen-bond donors (Lipinski definition) is 1. The van der Waals surface area contributed by atoms with Crippen LogP contribution in [0.2, 0.25) is 15.5 Å². The highest BCUT2D eigenvalue weighted by molar-refractivity contribution is 6.66. The summed E-state index contributed by atoms with van der Waals surface area (Å²) in [5.74, 6) is 0.106. The van der Waals surface area contributed by atoms with Crippen LogP contribution in [-0.4, -0.2) is 68.6 Å². The predicted molar refractivity (Wildman–Crippen MR) is 124 cm³/mol. The molecule has 1 atom stereocenters. The van der Waals surface area contributed by atoms with Crippen molar-refractivity contribution in [1.29, 1.82) is 0 Å². The lowest BCUT2D eigenvalue weighted by Crippen LogP contribution is -2.61. The third-order valence-corrected chi connectivity index (χ3v) is 7.18. The summed E-state index contributed by atoms with van der Waals surface area (Å²) in [4.78, 5) is 13.0. The zero-order chi connectivity index (χ0) is 18.0. The van der Waals surface area contributed by atoms with E-state index in [1.807, 2.05) is 15.7 Å². The fourth-order valence-electron chi connectivity index (χ4n) is 3.86. The van der Waals surface area contributed by atoms with Crippen LogP contribution in [0, 0.1) is 0 Å². The number of ketones is 1. The molecule has 11 heteroatoms. The third kappa shape index (κ3) is 2.70. The number of nitrogens with two attached hydrogens (primary N) is 1. The molecular formula is C12H22B8ClNO. The first kappa shape index (κ1) is 19.0. The van der Waals surface area contributed by atoms with Crippen molar-refractivity contribution in [2.75, 3.05) is 0 Å². The summed E-state index contributed by atoms with van der Waals surface area (Å²) in [6, 6.07) is 0. The van der Waals surface area contributed by atoms with E-state index in [9.17, 15) is 4.79 Å². The van der Waals surface area contributed by atoms with Crippen LogP contribution >= 0.6 is 11.6 Å². The quantitative estimate of drug-likeness (QED) is 0.523. The van der Waals surface area contributed by atoms with Gasteiger partial charge in [-0.05, 0) is 18.4 Å². The van der Waals surface area contributed by atoms with Gasteiger partial charge in [0, 0.05) is 5.02 Å². The van der Waals surface area contributed by atoms with Crippen molar-refractivity contribution < 1.29 is 4.79 Å². The third-order valence-electron chi connectivity index (χ3n) is 6.71. The maximum Gasteiger partial charge on any atom is 0.156 e. The van der Waals surface area contributed by atoms with Crippen LogP contribution < -0.4 is 27.6 Å². The second-order valence-electron chi connectivity index (χ2n) is 8.70. The standard InChI is InChI=1S/C12H22B8ClNO/c13-5-4(9(21)8(16)7(15)6(5)14)10(22)2-12(19,20)11(17,18)1-3(10)23/h1-2,13-20,22H2. The van der Waals surface area contributed by atoms with Crippen molar-refractivity contribution in [2.24, 2.45) is 5.73 Å². The molecule has 1 aromatic rings. The van der Waals surface area contributed by atoms with Crippen LogP contribution in [0.1, 0.15) is 18.4 Å². The van der Waals surface area contributed by atoms with Gasteiger partial charge in [-0.15, -0.1) is 10.9 Å². The summed E-state index contributed by atoms with van der Waals surface area (Å²) in [6.07, 6.45) is 1.10. The lowest BCUT2D eigenvalue weighted by Gasteiger charge is -2.53. The lowest BCUT2D eigenvalue weighted by atomic mass is 9.24. The zero-order valence-electron chi connectivity index (χ0n) is 15.8. The monoisotopic (exact) mass is 319 g/mol. The molecule has 0 heterocycles. The van der Waals surface area contributed by atoms with E-state index in [4.69, 9.17) is 17.3 Å². The minimum absolute atomic E-state index is 0.0435. The molecule has 0 amide bonds. The van der Waals surface area contributed by atoms with Gasteiger partial charge < -0.3 is 5.73 Å². The Hall–Kier alpha value is -0.341. The molecule has 0 aliphatic heterocycles. The molecule has 23 heavy (non-hydrogen) atoms. The van der Waals surface area contributed by atoms with Gasteiger partial charge in [-0.2, -0.15) is 0 Å². The number of halogens is 1. The Bertz CT molecular complexity index is 678. The minimum Gasteiger partial charge on any atom is -0.315 e. The Morgan fingerprint density at radius 1 is 0.870 bits per heavy atom. The minimum atomic E-state index is -0.997. The number of hydrogen-bond acceptors (Lipinski definition) is 2. The predicted octanol–water partition coefficient (Wildman–Crippen LogP) is -8.34. The van der Waals surface area contributed by atoms with Crippen molar-refractivity contribution in [3.05, 3.63) is 10.6 Å². The van der Waals surface area contributed by atoms with E-state index in [-0.39, 0.29) is 16.2 Å². The molecule has 1 aliphatic rings. The average Bonchev–Trinajstić information content (AvgIpc) is 2.40. The van der Waals surface area contributed by atoms with Gasteiger partial charge in [0.05, 0.1) is 31.4 Å². The molecule has 1 unspecified atom stereocenters. The van der Waals surface area contributed by atoms with Gasteiger partial charge >= 0.3 is 0 Å². The van der Waals surface area contributed by atoms with E-state index in [0.717, 1.165) is 16.5 Å². The van der Waals surface area contributed by atoms with Crippen LogP contribution in [0.25, 0.3) is 0 Å². The van der Waals surface area contributed by atoms with Crippen molar-refractivity contribution in [3.63, 3.8) is 0 Å². The van der Waals surface area contributed by atoms with E-state index >= 15 is 0 Å². The summed E-state index contributed by atoms with van der Waals surface area (Å²) in [7, 11) is 16.9. The van der Waals surface area contributed by atoms with Gasteiger partial charge in [-0.25, -0.2) is 0 Å². The molecule has 0 bridgehead atoms. The van der Waals surface area contributed by atoms with Crippen molar-refractivity contribution >= 4 is 102 Å². The van der Waals surface area contributed by atoms with E-state index < -0.39 is 5.54 Å². The Labute approximate surface area is 152 Å². The second-order valence-corrected chi connectivity index (χ2v) is 9.08. The number of rotatable bonds is 1. The lowest BCUT2D eigenvalue weighted by molar-refractivity contribution is -0.127. The summed E-state index contributed by atoms with van der Waals surface area (Å²) >= 11 is 6.70. The first-order chi connectivity index (χ1) is 10.3. The Morgan fingerprint density at radius 2 is 1.35 bits per heavy atom. The van der Waals surface area contributed by atoms with Gasteiger partial charge in [-0.1, -0.05) is 33.0 Å². The van der Waals surface area contributed by atoms with Gasteiger partial charge in [0.15, 0.2) is 5.78 Å². The average molecular weight is 318 g/mol. The summed E-state index contributed by atoms with van der Waals surface area (Å²) in [5.41, 5.74) is 11.1. The largest absolute Gasteiger partial charge is 0.315 e. The summed E-state index contributed by atoms with van der Waals surface area (Å²) in [6.45, 7) is 0. The highest BCUT2D eigenvalue weighted by Crippen LogP contribution is 2.56. The second kappa shape index (κ2) is 5.59. The smallest absolute Gasteiger partial charge is 0.156 e. The molecule has 1 fully saturated rings. The molecule has 1 saturated carbocycles. The summed E-state index contributed by atoms with van der Waals surface area (Å²) in [5, 5.41) is 0.553. The van der Waals surface area contributed by atoms with Crippen molar-refractivity contribution in [2.45, 2.75) is 28.8 Å². The molecule has 1 aliphatic carbocycles. The van der Waals surface area contributed by atoms with Crippen LogP contribution in [0.3, 0.4) is 0 Å². The zero-order valence-corrected chi connectivity index (χ0v) is 16.5. The molecule has 0 aromatic heterocycles. The fourth-order valence-corrected chi connectivity index (χ4v) is 4.31. The first-order valence-corrected chi connectivity index (χ1v) is 8.72. The van der Waals surface area contributed by atoms with Crippen LogP contribution in [0.5, 0.6) is 0 Å². The van der Waals surface area contributed by atoms with Crippen molar-refractivity contribution in [1.82, 2.24) is 0 Å². The number of Topliss-reactive ketones (excluding diaryl/α,β-unsaturated/α-hetero) is 1. The molecular weight excluding hydrogens is 296 g/mol. The van der Waals surface area contributed by atoms with Crippen LogP contribution in [-0.2, 0) is 10.3 Å². The van der Waals surface area contributed by atoms with E-state index in [0.29, 0.717) is 17.9 Å². The molecule has 0 spiro atoms. The highest BCUT2D eigenvalue weighted by Gasteiger charge is 2.53. The highest BCUT2D eigenvalue weighted by atomic mass is 35.5. The van der Waals surface area contributed by atoms with Gasteiger partial charge in [0.1, 0.15) is 36.9 Å². The number of carbonyl (C=O) groups is 1. The van der Waals surface area contributed by atoms with Gasteiger partial charge in [0.2, 0.25) is 0 Å². The van der Waals surface area contributed by atoms with E-state index in [1.54, 1.807) is 0 Å². The van der Waals surface area contributed by atoms with Crippen LogP contribution in [0.4, 0.5) is 0 Å². The molecule has 2 rings (SSSR count).